The average molecular weight is 327 g/mol. The standard InChI is InChI=1S/C16H16N4O4/c1-11-2-5-13(6-3-11)17-10-16(22)19-18-9-12-4-7-15(21)14(8-12)20(23)24/h2-9,17,21H,10H2,1H3,(H,19,22)/p-1/b18-9-. The molecule has 0 aliphatic carbocycles. The van der Waals surface area contributed by atoms with Gasteiger partial charge in [0.1, 0.15) is 0 Å². The lowest BCUT2D eigenvalue weighted by Gasteiger charge is -2.06. The molecule has 8 nitrogen and oxygen atoms in total. The lowest BCUT2D eigenvalue weighted by molar-refractivity contribution is -0.398. The molecule has 0 saturated heterocycles. The number of carbonyl (C=O) groups excluding carboxylic acids is 1. The molecular weight excluding hydrogens is 312 g/mol. The molecule has 2 aromatic rings. The number of rotatable bonds is 6. The summed E-state index contributed by atoms with van der Waals surface area (Å²) in [5.74, 6) is -1.05. The molecule has 124 valence electrons. The van der Waals surface area contributed by atoms with Gasteiger partial charge in [-0.15, -0.1) is 0 Å². The van der Waals surface area contributed by atoms with E-state index in [-0.39, 0.29) is 12.5 Å². The summed E-state index contributed by atoms with van der Waals surface area (Å²) in [6, 6.07) is 11.1. The molecule has 0 unspecified atom stereocenters. The minimum atomic E-state index is -0.760. The van der Waals surface area contributed by atoms with Gasteiger partial charge in [-0.05, 0) is 24.8 Å². The van der Waals surface area contributed by atoms with Crippen LogP contribution in [0, 0.1) is 17.0 Å². The van der Waals surface area contributed by atoms with Crippen molar-refractivity contribution in [2.24, 2.45) is 5.10 Å². The first-order valence-corrected chi connectivity index (χ1v) is 7.03. The van der Waals surface area contributed by atoms with Crippen molar-refractivity contribution in [1.29, 1.82) is 0 Å². The van der Waals surface area contributed by atoms with Crippen LogP contribution in [0.1, 0.15) is 11.1 Å². The lowest BCUT2D eigenvalue weighted by atomic mass is 10.2. The summed E-state index contributed by atoms with van der Waals surface area (Å²) in [6.07, 6.45) is 1.23. The molecule has 0 bridgehead atoms. The first kappa shape index (κ1) is 16.9. The molecule has 2 N–H and O–H groups in total. The summed E-state index contributed by atoms with van der Waals surface area (Å²) in [6.45, 7) is 2.00. The SMILES string of the molecule is Cc1ccc(NCC(=O)N/N=C\c2ccc([O-])c([N+](=O)[O-])c2)cc1. The van der Waals surface area contributed by atoms with Crippen molar-refractivity contribution >= 4 is 23.5 Å². The van der Waals surface area contributed by atoms with Gasteiger partial charge in [0.15, 0.2) is 0 Å². The van der Waals surface area contributed by atoms with Gasteiger partial charge in [-0.2, -0.15) is 5.10 Å². The zero-order valence-corrected chi connectivity index (χ0v) is 12.9. The van der Waals surface area contributed by atoms with Crippen LogP contribution < -0.4 is 15.8 Å². The maximum atomic E-state index is 11.7. The average Bonchev–Trinajstić information content (AvgIpc) is 2.55. The fourth-order valence-corrected chi connectivity index (χ4v) is 1.83. The number of anilines is 1. The number of carbonyl (C=O) groups is 1. The van der Waals surface area contributed by atoms with Gasteiger partial charge in [-0.3, -0.25) is 14.9 Å². The van der Waals surface area contributed by atoms with Gasteiger partial charge >= 0.3 is 0 Å². The van der Waals surface area contributed by atoms with Crippen LogP contribution in [0.25, 0.3) is 0 Å². The van der Waals surface area contributed by atoms with Gasteiger partial charge < -0.3 is 10.4 Å². The van der Waals surface area contributed by atoms with E-state index in [2.05, 4.69) is 15.8 Å². The Bertz CT molecular complexity index is 772. The van der Waals surface area contributed by atoms with Gasteiger partial charge in [-0.25, -0.2) is 5.43 Å². The quantitative estimate of drug-likeness (QED) is 0.474. The second kappa shape index (κ2) is 7.73. The van der Waals surface area contributed by atoms with Gasteiger partial charge in [0.2, 0.25) is 0 Å². The summed E-state index contributed by atoms with van der Waals surface area (Å²) in [4.78, 5) is 21.6. The normalized spacial score (nSPS) is 10.5. The van der Waals surface area contributed by atoms with Crippen LogP contribution in [-0.2, 0) is 4.79 Å². The van der Waals surface area contributed by atoms with Crippen molar-refractivity contribution in [2.45, 2.75) is 6.92 Å². The van der Waals surface area contributed by atoms with Crippen LogP contribution in [0.3, 0.4) is 0 Å². The Labute approximate surface area is 138 Å². The first-order chi connectivity index (χ1) is 11.5. The Hall–Kier alpha value is -3.42. The van der Waals surface area contributed by atoms with E-state index in [4.69, 9.17) is 0 Å². The highest BCUT2D eigenvalue weighted by Crippen LogP contribution is 2.22. The van der Waals surface area contributed by atoms with Gasteiger partial charge in [0, 0.05) is 17.3 Å². The van der Waals surface area contributed by atoms with E-state index < -0.39 is 16.4 Å². The van der Waals surface area contributed by atoms with Gasteiger partial charge in [-0.1, -0.05) is 29.8 Å². The second-order valence-electron chi connectivity index (χ2n) is 5.00. The van der Waals surface area contributed by atoms with Crippen LogP contribution in [0.5, 0.6) is 5.75 Å². The Balaban J connectivity index is 1.87. The number of nitrogens with zero attached hydrogens (tertiary/aromatic N) is 2. The molecule has 0 atom stereocenters. The number of aryl methyl sites for hydroxylation is 1. The molecule has 24 heavy (non-hydrogen) atoms. The van der Waals surface area contributed by atoms with E-state index in [0.29, 0.717) is 5.56 Å². The van der Waals surface area contributed by atoms with Gasteiger partial charge in [0.25, 0.3) is 11.6 Å². The predicted octanol–water partition coefficient (Wildman–Crippen LogP) is 1.54. The number of hydrogen-bond acceptors (Lipinski definition) is 6. The van der Waals surface area contributed by atoms with Crippen LogP contribution in [0.2, 0.25) is 0 Å². The number of hydrogen-bond donors (Lipinski definition) is 2. The molecule has 0 radical (unpaired) electrons. The van der Waals surface area contributed by atoms with Crippen LogP contribution in [-0.4, -0.2) is 23.6 Å². The largest absolute Gasteiger partial charge is 0.868 e. The minimum absolute atomic E-state index is 0.0278. The summed E-state index contributed by atoms with van der Waals surface area (Å²) in [7, 11) is 0. The molecule has 0 aliphatic rings. The third-order valence-corrected chi connectivity index (χ3v) is 3.09. The highest BCUT2D eigenvalue weighted by molar-refractivity contribution is 5.85. The van der Waals surface area contributed by atoms with E-state index in [1.54, 1.807) is 0 Å². The number of hydrazone groups is 1. The van der Waals surface area contributed by atoms with Gasteiger partial charge in [0.05, 0.1) is 17.7 Å². The molecule has 8 heteroatoms. The number of benzene rings is 2. The Kier molecular flexibility index (Phi) is 5.45. The lowest BCUT2D eigenvalue weighted by Crippen LogP contribution is -2.25. The summed E-state index contributed by atoms with van der Waals surface area (Å²) >= 11 is 0. The maximum absolute atomic E-state index is 11.7. The zero-order valence-electron chi connectivity index (χ0n) is 12.9. The molecule has 0 heterocycles. The Morgan fingerprint density at radius 1 is 1.25 bits per heavy atom. The van der Waals surface area contributed by atoms with Crippen molar-refractivity contribution < 1.29 is 14.8 Å². The van der Waals surface area contributed by atoms with Crippen molar-refractivity contribution in [1.82, 2.24) is 5.43 Å². The van der Waals surface area contributed by atoms with Crippen LogP contribution in [0.4, 0.5) is 11.4 Å². The molecule has 0 aliphatic heterocycles. The van der Waals surface area contributed by atoms with Crippen molar-refractivity contribution in [3.63, 3.8) is 0 Å². The molecule has 0 saturated carbocycles. The number of nitro benzene ring substituents is 1. The van der Waals surface area contributed by atoms with E-state index in [0.717, 1.165) is 23.4 Å². The Morgan fingerprint density at radius 2 is 1.96 bits per heavy atom. The number of amides is 1. The fourth-order valence-electron chi connectivity index (χ4n) is 1.83. The third kappa shape index (κ3) is 4.80. The van der Waals surface area contributed by atoms with Crippen molar-refractivity contribution in [3.05, 3.63) is 63.7 Å². The molecule has 2 rings (SSSR count). The van der Waals surface area contributed by atoms with Crippen molar-refractivity contribution in [3.8, 4) is 5.75 Å². The summed E-state index contributed by atoms with van der Waals surface area (Å²) in [5, 5.41) is 28.6. The van der Waals surface area contributed by atoms with E-state index in [1.165, 1.54) is 12.3 Å². The molecule has 0 spiro atoms. The predicted molar refractivity (Wildman–Crippen MR) is 87.9 cm³/mol. The Morgan fingerprint density at radius 3 is 2.62 bits per heavy atom. The van der Waals surface area contributed by atoms with E-state index in [1.807, 2.05) is 31.2 Å². The number of nitro groups is 1. The van der Waals surface area contributed by atoms with Crippen LogP contribution in [0.15, 0.2) is 47.6 Å². The smallest absolute Gasteiger partial charge is 0.262 e. The highest BCUT2D eigenvalue weighted by atomic mass is 16.6. The number of nitrogens with one attached hydrogen (secondary N) is 2. The van der Waals surface area contributed by atoms with Crippen LogP contribution >= 0.6 is 0 Å². The zero-order chi connectivity index (χ0) is 17.5. The third-order valence-electron chi connectivity index (χ3n) is 3.09. The van der Waals surface area contributed by atoms with E-state index in [9.17, 15) is 20.0 Å². The monoisotopic (exact) mass is 327 g/mol. The fraction of sp³-hybridized carbons (Fsp3) is 0.125. The first-order valence-electron chi connectivity index (χ1n) is 7.03. The summed E-state index contributed by atoms with van der Waals surface area (Å²) < 4.78 is 0. The van der Waals surface area contributed by atoms with E-state index >= 15 is 0 Å². The highest BCUT2D eigenvalue weighted by Gasteiger charge is 2.07. The maximum Gasteiger partial charge on any atom is 0.262 e. The summed E-state index contributed by atoms with van der Waals surface area (Å²) in [5.41, 5.74) is 4.03. The van der Waals surface area contributed by atoms with Crippen molar-refractivity contribution in [2.75, 3.05) is 11.9 Å². The topological polar surface area (TPSA) is 120 Å². The molecule has 1 amide bonds. The molecule has 0 aromatic heterocycles. The minimum Gasteiger partial charge on any atom is -0.868 e. The molecule has 0 fully saturated rings. The molecular formula is C16H15N4O4-. The second-order valence-corrected chi connectivity index (χ2v) is 5.00. The molecule has 2 aromatic carbocycles.